The highest BCUT2D eigenvalue weighted by molar-refractivity contribution is 7.91. The average Bonchev–Trinajstić information content (AvgIpc) is 3.53. The zero-order valence-corrected chi connectivity index (χ0v) is 22.3. The molecule has 0 radical (unpaired) electrons. The van der Waals surface area contributed by atoms with Crippen molar-refractivity contribution in [3.8, 4) is 5.75 Å². The number of sulfone groups is 1. The van der Waals surface area contributed by atoms with Crippen LogP contribution in [-0.4, -0.2) is 64.0 Å². The van der Waals surface area contributed by atoms with Crippen LogP contribution in [0.15, 0.2) is 46.1 Å². The molecule has 37 heavy (non-hydrogen) atoms. The molecule has 0 unspecified atom stereocenters. The molecule has 2 N–H and O–H groups in total. The van der Waals surface area contributed by atoms with Gasteiger partial charge in [-0.05, 0) is 38.7 Å². The van der Waals surface area contributed by atoms with Gasteiger partial charge in [-0.15, -0.1) is 11.3 Å². The molecule has 1 fully saturated rings. The molecule has 1 aliphatic rings. The summed E-state index contributed by atoms with van der Waals surface area (Å²) in [6.45, 7) is -1.67. The Morgan fingerprint density at radius 3 is 2.70 bits per heavy atom. The Kier molecular flexibility index (Phi) is 8.36. The number of hydrogen-bond donors (Lipinski definition) is 2. The lowest BCUT2D eigenvalue weighted by Crippen LogP contribution is -2.31. The van der Waals surface area contributed by atoms with Crippen LogP contribution in [0.4, 0.5) is 36.1 Å². The Morgan fingerprint density at radius 2 is 2.05 bits per heavy atom. The summed E-state index contributed by atoms with van der Waals surface area (Å²) in [4.78, 5) is 7.49. The quantitative estimate of drug-likeness (QED) is 0.338. The summed E-state index contributed by atoms with van der Waals surface area (Å²) in [6, 6.07) is 6.69. The normalized spacial score (nSPS) is 16.0. The number of alkyl halides is 2. The molecule has 1 saturated heterocycles. The minimum absolute atomic E-state index is 0.0183. The van der Waals surface area contributed by atoms with Crippen LogP contribution in [0.3, 0.4) is 0 Å². The molecule has 0 bridgehead atoms. The van der Waals surface area contributed by atoms with Crippen LogP contribution < -0.4 is 20.3 Å². The maximum absolute atomic E-state index is 15.0. The second-order valence-corrected chi connectivity index (χ2v) is 11.7. The first kappa shape index (κ1) is 27.3. The van der Waals surface area contributed by atoms with E-state index in [0.29, 0.717) is 30.3 Å². The van der Waals surface area contributed by atoms with E-state index in [4.69, 9.17) is 11.6 Å². The summed E-state index contributed by atoms with van der Waals surface area (Å²) in [5.74, 6) is -1.20. The first-order chi connectivity index (χ1) is 17.5. The molecule has 14 heteroatoms. The van der Waals surface area contributed by atoms with Crippen molar-refractivity contribution in [2.24, 2.45) is 0 Å². The number of aromatic nitrogens is 1. The standard InChI is InChI=1S/C23H25ClF3N5O3S2/c1-31(2)14-5-6-32(10-14)20-7-15(35-23(26)27)3-4-18(20)30-19-9-17(25)21(8-16(19)24)37(33,34)13-29-22-11-36-12-28-22/h3-4,7-9,11-12,14,23,29-30H,5-6,10,13H2,1-2H3/t14-/m1/s1. The largest absolute Gasteiger partial charge is 0.435 e. The number of halogens is 4. The number of nitrogens with one attached hydrogen (secondary N) is 2. The van der Waals surface area contributed by atoms with E-state index in [-0.39, 0.29) is 22.5 Å². The van der Waals surface area contributed by atoms with E-state index in [0.717, 1.165) is 18.6 Å². The van der Waals surface area contributed by atoms with Crippen LogP contribution in [0, 0.1) is 5.82 Å². The van der Waals surface area contributed by atoms with Crippen molar-refractivity contribution in [3.63, 3.8) is 0 Å². The van der Waals surface area contributed by atoms with E-state index in [9.17, 15) is 17.2 Å². The Balaban J connectivity index is 1.61. The fourth-order valence-electron chi connectivity index (χ4n) is 3.99. The number of nitrogens with zero attached hydrogens (tertiary/aromatic N) is 3. The van der Waals surface area contributed by atoms with Crippen LogP contribution in [0.1, 0.15) is 6.42 Å². The average molecular weight is 576 g/mol. The van der Waals surface area contributed by atoms with E-state index < -0.39 is 33.0 Å². The fraction of sp³-hybridized carbons (Fsp3) is 0.348. The molecule has 1 aliphatic heterocycles. The number of benzene rings is 2. The predicted octanol–water partition coefficient (Wildman–Crippen LogP) is 5.26. The van der Waals surface area contributed by atoms with Crippen molar-refractivity contribution in [2.45, 2.75) is 24.0 Å². The number of anilines is 4. The van der Waals surface area contributed by atoms with Crippen LogP contribution in [0.5, 0.6) is 5.75 Å². The van der Waals surface area contributed by atoms with Gasteiger partial charge in [0.2, 0.25) is 0 Å². The summed E-state index contributed by atoms with van der Waals surface area (Å²) in [7, 11) is -0.133. The van der Waals surface area contributed by atoms with Crippen LogP contribution in [0.2, 0.25) is 5.02 Å². The topological polar surface area (TPSA) is 86.8 Å². The van der Waals surface area contributed by atoms with Crippen molar-refractivity contribution < 1.29 is 26.3 Å². The van der Waals surface area contributed by atoms with Gasteiger partial charge in [-0.2, -0.15) is 8.78 Å². The van der Waals surface area contributed by atoms with Gasteiger partial charge in [0.15, 0.2) is 9.84 Å². The number of ether oxygens (including phenoxy) is 1. The molecule has 2 aromatic carbocycles. The van der Waals surface area contributed by atoms with Gasteiger partial charge in [0.25, 0.3) is 0 Å². The Morgan fingerprint density at radius 1 is 1.27 bits per heavy atom. The summed E-state index contributed by atoms with van der Waals surface area (Å²) < 4.78 is 70.7. The zero-order chi connectivity index (χ0) is 26.7. The molecule has 1 atom stereocenters. The Labute approximate surface area is 221 Å². The minimum atomic E-state index is -4.07. The third-order valence-corrected chi connectivity index (χ3v) is 8.34. The monoisotopic (exact) mass is 575 g/mol. The maximum atomic E-state index is 15.0. The van der Waals surface area contributed by atoms with Gasteiger partial charge in [0.05, 0.1) is 27.6 Å². The van der Waals surface area contributed by atoms with Crippen molar-refractivity contribution in [1.82, 2.24) is 9.88 Å². The van der Waals surface area contributed by atoms with Gasteiger partial charge in [-0.1, -0.05) is 11.6 Å². The molecular weight excluding hydrogens is 551 g/mol. The van der Waals surface area contributed by atoms with E-state index in [2.05, 4.69) is 25.3 Å². The summed E-state index contributed by atoms with van der Waals surface area (Å²) in [5.41, 5.74) is 2.71. The molecule has 0 saturated carbocycles. The lowest BCUT2D eigenvalue weighted by Gasteiger charge is -2.25. The summed E-state index contributed by atoms with van der Waals surface area (Å²) in [5, 5.41) is 7.27. The lowest BCUT2D eigenvalue weighted by molar-refractivity contribution is -0.0498. The van der Waals surface area contributed by atoms with Crippen molar-refractivity contribution in [1.29, 1.82) is 0 Å². The van der Waals surface area contributed by atoms with E-state index in [1.165, 1.54) is 35.0 Å². The first-order valence-corrected chi connectivity index (χ1v) is 14.1. The molecule has 200 valence electrons. The van der Waals surface area contributed by atoms with Crippen molar-refractivity contribution in [2.75, 3.05) is 48.6 Å². The molecule has 4 rings (SSSR count). The minimum Gasteiger partial charge on any atom is -0.435 e. The third kappa shape index (κ3) is 6.58. The van der Waals surface area contributed by atoms with Crippen LogP contribution in [0.25, 0.3) is 0 Å². The molecule has 2 heterocycles. The summed E-state index contributed by atoms with van der Waals surface area (Å²) >= 11 is 7.65. The highest BCUT2D eigenvalue weighted by Crippen LogP contribution is 2.38. The van der Waals surface area contributed by atoms with Crippen molar-refractivity contribution >= 4 is 55.7 Å². The molecule has 3 aromatic rings. The van der Waals surface area contributed by atoms with Crippen LogP contribution in [-0.2, 0) is 9.84 Å². The van der Waals surface area contributed by atoms with Crippen molar-refractivity contribution in [3.05, 3.63) is 52.1 Å². The number of likely N-dealkylation sites (N-methyl/N-ethyl adjacent to an activating group) is 1. The fourth-order valence-corrected chi connectivity index (χ4v) is 5.92. The highest BCUT2D eigenvalue weighted by Gasteiger charge is 2.27. The van der Waals surface area contributed by atoms with E-state index in [1.54, 1.807) is 5.38 Å². The Bertz CT molecular complexity index is 1340. The van der Waals surface area contributed by atoms with Gasteiger partial charge in [-0.25, -0.2) is 17.8 Å². The summed E-state index contributed by atoms with van der Waals surface area (Å²) in [6.07, 6.45) is 0.864. The predicted molar refractivity (Wildman–Crippen MR) is 140 cm³/mol. The first-order valence-electron chi connectivity index (χ1n) is 11.1. The number of rotatable bonds is 10. The third-order valence-electron chi connectivity index (χ3n) is 5.93. The molecule has 0 spiro atoms. The second-order valence-electron chi connectivity index (χ2n) is 8.61. The van der Waals surface area contributed by atoms with Crippen LogP contribution >= 0.6 is 22.9 Å². The maximum Gasteiger partial charge on any atom is 0.387 e. The van der Waals surface area contributed by atoms with Gasteiger partial charge >= 0.3 is 6.61 Å². The van der Waals surface area contributed by atoms with Gasteiger partial charge < -0.3 is 25.2 Å². The Hall–Kier alpha value is -2.74. The highest BCUT2D eigenvalue weighted by atomic mass is 35.5. The van der Waals surface area contributed by atoms with E-state index in [1.807, 2.05) is 19.0 Å². The second kappa shape index (κ2) is 11.3. The molecule has 8 nitrogen and oxygen atoms in total. The van der Waals surface area contributed by atoms with E-state index >= 15 is 4.39 Å². The van der Waals surface area contributed by atoms with Gasteiger partial charge in [-0.3, -0.25) is 0 Å². The van der Waals surface area contributed by atoms with Gasteiger partial charge in [0.1, 0.15) is 28.2 Å². The number of thiazole rings is 1. The lowest BCUT2D eigenvalue weighted by atomic mass is 10.2. The zero-order valence-electron chi connectivity index (χ0n) is 19.9. The van der Waals surface area contributed by atoms with Gasteiger partial charge in [0, 0.05) is 36.6 Å². The smallest absolute Gasteiger partial charge is 0.387 e. The molecule has 0 amide bonds. The molecule has 1 aromatic heterocycles. The molecule has 0 aliphatic carbocycles. The molecular formula is C23H25ClF3N5O3S2. The number of hydrogen-bond acceptors (Lipinski definition) is 9. The SMILES string of the molecule is CN(C)[C@@H]1CCN(c2cc(OC(F)F)ccc2Nc2cc(F)c(S(=O)(=O)CNc3cscn3)cc2Cl)C1.